The summed E-state index contributed by atoms with van der Waals surface area (Å²) in [4.78, 5) is 35.9. The SMILES string of the molecule is CN(C)c1nc(N)nc(Cc2nc3sc(-c4ccccc4)cc3c(=O)[nH]2)n1. The Morgan fingerprint density at radius 3 is 2.63 bits per heavy atom. The molecule has 0 atom stereocenters. The fourth-order valence-corrected chi connectivity index (χ4v) is 3.71. The van der Waals surface area contributed by atoms with Crippen LogP contribution in [0.2, 0.25) is 0 Å². The number of nitrogen functional groups attached to an aromatic ring is 1. The maximum atomic E-state index is 12.5. The van der Waals surface area contributed by atoms with Gasteiger partial charge in [0.15, 0.2) is 0 Å². The lowest BCUT2D eigenvalue weighted by Gasteiger charge is -2.11. The Labute approximate surface area is 158 Å². The van der Waals surface area contributed by atoms with E-state index in [1.165, 1.54) is 11.3 Å². The smallest absolute Gasteiger partial charge is 0.259 e. The summed E-state index contributed by atoms with van der Waals surface area (Å²) in [5.41, 5.74) is 6.64. The highest BCUT2D eigenvalue weighted by atomic mass is 32.1. The number of rotatable bonds is 4. The second kappa shape index (κ2) is 6.76. The van der Waals surface area contributed by atoms with Crippen LogP contribution in [-0.2, 0) is 6.42 Å². The van der Waals surface area contributed by atoms with Crippen LogP contribution in [0.3, 0.4) is 0 Å². The summed E-state index contributed by atoms with van der Waals surface area (Å²) in [6.07, 6.45) is 0.261. The Morgan fingerprint density at radius 1 is 1.11 bits per heavy atom. The molecule has 0 unspecified atom stereocenters. The number of H-pyrrole nitrogens is 1. The molecule has 9 heteroatoms. The van der Waals surface area contributed by atoms with E-state index in [9.17, 15) is 4.79 Å². The van der Waals surface area contributed by atoms with Crippen LogP contribution < -0.4 is 16.2 Å². The van der Waals surface area contributed by atoms with Crippen LogP contribution in [0, 0.1) is 0 Å². The Balaban J connectivity index is 1.72. The van der Waals surface area contributed by atoms with Gasteiger partial charge in [-0.1, -0.05) is 30.3 Å². The number of nitrogens with one attached hydrogen (secondary N) is 1. The van der Waals surface area contributed by atoms with Gasteiger partial charge in [-0.25, -0.2) is 4.98 Å². The predicted molar refractivity (Wildman–Crippen MR) is 107 cm³/mol. The van der Waals surface area contributed by atoms with E-state index < -0.39 is 0 Å². The number of thiophene rings is 1. The van der Waals surface area contributed by atoms with E-state index in [1.807, 2.05) is 50.5 Å². The van der Waals surface area contributed by atoms with E-state index in [0.29, 0.717) is 27.8 Å². The van der Waals surface area contributed by atoms with Crippen molar-refractivity contribution in [2.75, 3.05) is 24.7 Å². The Kier molecular flexibility index (Phi) is 4.28. The Hall–Kier alpha value is -3.33. The summed E-state index contributed by atoms with van der Waals surface area (Å²) in [6.45, 7) is 0. The van der Waals surface area contributed by atoms with Crippen molar-refractivity contribution in [2.45, 2.75) is 6.42 Å². The standard InChI is InChI=1S/C18H17N7OS/c1-25(2)18-23-14(22-17(19)24-18)9-13-20-15(26)11-8-12(27-16(11)21-13)10-6-4-3-5-7-10/h3-8H,9H2,1-2H3,(H,20,21,26)(H2,19,22,23,24). The van der Waals surface area contributed by atoms with Gasteiger partial charge in [0.2, 0.25) is 11.9 Å². The number of hydrogen-bond donors (Lipinski definition) is 2. The zero-order chi connectivity index (χ0) is 19.0. The number of nitrogens with zero attached hydrogens (tertiary/aromatic N) is 5. The Morgan fingerprint density at radius 2 is 1.89 bits per heavy atom. The first-order chi connectivity index (χ1) is 13.0. The highest BCUT2D eigenvalue weighted by molar-refractivity contribution is 7.21. The van der Waals surface area contributed by atoms with Gasteiger partial charge < -0.3 is 15.6 Å². The number of benzene rings is 1. The summed E-state index contributed by atoms with van der Waals surface area (Å²) in [5.74, 6) is 1.54. The maximum Gasteiger partial charge on any atom is 0.259 e. The lowest BCUT2D eigenvalue weighted by atomic mass is 10.2. The van der Waals surface area contributed by atoms with Crippen LogP contribution in [0.25, 0.3) is 20.7 Å². The van der Waals surface area contributed by atoms with Gasteiger partial charge in [0, 0.05) is 19.0 Å². The van der Waals surface area contributed by atoms with Crippen molar-refractivity contribution in [2.24, 2.45) is 0 Å². The molecule has 3 heterocycles. The number of fused-ring (bicyclic) bond motifs is 1. The van der Waals surface area contributed by atoms with E-state index in [2.05, 4.69) is 24.9 Å². The zero-order valence-electron chi connectivity index (χ0n) is 14.8. The van der Waals surface area contributed by atoms with Crippen LogP contribution in [0.15, 0.2) is 41.2 Å². The highest BCUT2D eigenvalue weighted by Gasteiger charge is 2.13. The molecule has 0 saturated carbocycles. The van der Waals surface area contributed by atoms with Crippen LogP contribution in [0.4, 0.5) is 11.9 Å². The van der Waals surface area contributed by atoms with Crippen LogP contribution in [-0.4, -0.2) is 39.0 Å². The van der Waals surface area contributed by atoms with Gasteiger partial charge in [0.25, 0.3) is 5.56 Å². The molecule has 0 bridgehead atoms. The minimum absolute atomic E-state index is 0.134. The molecule has 0 aliphatic heterocycles. The third-order valence-electron chi connectivity index (χ3n) is 3.92. The minimum atomic E-state index is -0.178. The molecule has 27 heavy (non-hydrogen) atoms. The minimum Gasteiger partial charge on any atom is -0.368 e. The number of aromatic amines is 1. The second-order valence-corrected chi connectivity index (χ2v) is 7.22. The van der Waals surface area contributed by atoms with Crippen molar-refractivity contribution >= 4 is 33.5 Å². The molecule has 1 aromatic carbocycles. The van der Waals surface area contributed by atoms with E-state index >= 15 is 0 Å². The average Bonchev–Trinajstić information content (AvgIpc) is 3.07. The topological polar surface area (TPSA) is 114 Å². The van der Waals surface area contributed by atoms with E-state index in [4.69, 9.17) is 5.73 Å². The zero-order valence-corrected chi connectivity index (χ0v) is 15.6. The molecular weight excluding hydrogens is 362 g/mol. The van der Waals surface area contributed by atoms with Crippen LogP contribution in [0.5, 0.6) is 0 Å². The van der Waals surface area contributed by atoms with Crippen molar-refractivity contribution in [3.05, 3.63) is 58.4 Å². The van der Waals surface area contributed by atoms with Gasteiger partial charge >= 0.3 is 0 Å². The normalized spacial score (nSPS) is 11.0. The van der Waals surface area contributed by atoms with Gasteiger partial charge in [-0.05, 0) is 11.6 Å². The summed E-state index contributed by atoms with van der Waals surface area (Å²) < 4.78 is 0. The van der Waals surface area contributed by atoms with Crippen molar-refractivity contribution in [3.8, 4) is 10.4 Å². The highest BCUT2D eigenvalue weighted by Crippen LogP contribution is 2.30. The molecule has 3 N–H and O–H groups in total. The molecule has 0 radical (unpaired) electrons. The fraction of sp³-hybridized carbons (Fsp3) is 0.167. The first-order valence-electron chi connectivity index (χ1n) is 8.25. The van der Waals surface area contributed by atoms with Crippen molar-refractivity contribution < 1.29 is 0 Å². The molecule has 0 aliphatic rings. The van der Waals surface area contributed by atoms with Crippen LogP contribution >= 0.6 is 11.3 Å². The number of anilines is 2. The molecule has 0 fully saturated rings. The molecule has 3 aromatic heterocycles. The molecule has 0 spiro atoms. The van der Waals surface area contributed by atoms with Crippen LogP contribution in [0.1, 0.15) is 11.6 Å². The van der Waals surface area contributed by atoms with Crippen molar-refractivity contribution in [1.29, 1.82) is 0 Å². The average molecular weight is 379 g/mol. The molecule has 4 rings (SSSR count). The third-order valence-corrected chi connectivity index (χ3v) is 5.00. The molecular formula is C18H17N7OS. The first-order valence-corrected chi connectivity index (χ1v) is 9.07. The maximum absolute atomic E-state index is 12.5. The molecule has 4 aromatic rings. The molecule has 136 valence electrons. The quantitative estimate of drug-likeness (QED) is 0.558. The second-order valence-electron chi connectivity index (χ2n) is 6.19. The lowest BCUT2D eigenvalue weighted by molar-refractivity contribution is 0.856. The first kappa shape index (κ1) is 17.1. The summed E-state index contributed by atoms with van der Waals surface area (Å²) >= 11 is 1.48. The summed E-state index contributed by atoms with van der Waals surface area (Å²) in [5, 5.41) is 0.576. The largest absolute Gasteiger partial charge is 0.368 e. The van der Waals surface area contributed by atoms with E-state index in [1.54, 1.807) is 4.90 Å². The fourth-order valence-electron chi connectivity index (χ4n) is 2.66. The monoisotopic (exact) mass is 379 g/mol. The van der Waals surface area contributed by atoms with Gasteiger partial charge in [-0.3, -0.25) is 4.79 Å². The third kappa shape index (κ3) is 3.49. The van der Waals surface area contributed by atoms with Crippen molar-refractivity contribution in [3.63, 3.8) is 0 Å². The van der Waals surface area contributed by atoms with Gasteiger partial charge in [0.1, 0.15) is 16.5 Å². The van der Waals surface area contributed by atoms with Gasteiger partial charge in [-0.2, -0.15) is 15.0 Å². The number of nitrogens with two attached hydrogens (primary N) is 1. The van der Waals surface area contributed by atoms with Gasteiger partial charge in [-0.15, -0.1) is 11.3 Å². The Bertz CT molecular complexity index is 1170. The molecule has 0 saturated heterocycles. The molecule has 8 nitrogen and oxygen atoms in total. The summed E-state index contributed by atoms with van der Waals surface area (Å²) in [7, 11) is 3.64. The number of hydrogen-bond acceptors (Lipinski definition) is 8. The van der Waals surface area contributed by atoms with E-state index in [-0.39, 0.29) is 17.9 Å². The lowest BCUT2D eigenvalue weighted by Crippen LogP contribution is -2.17. The van der Waals surface area contributed by atoms with Crippen molar-refractivity contribution in [1.82, 2.24) is 24.9 Å². The van der Waals surface area contributed by atoms with E-state index in [0.717, 1.165) is 10.4 Å². The number of aromatic nitrogens is 5. The predicted octanol–water partition coefficient (Wildman–Crippen LogP) is 2.08. The molecule has 0 aliphatic carbocycles. The van der Waals surface area contributed by atoms with Gasteiger partial charge in [0.05, 0.1) is 11.8 Å². The molecule has 0 amide bonds. The summed E-state index contributed by atoms with van der Waals surface area (Å²) in [6, 6.07) is 11.8.